The van der Waals surface area contributed by atoms with Gasteiger partial charge in [0.2, 0.25) is 5.75 Å². The summed E-state index contributed by atoms with van der Waals surface area (Å²) in [5.74, 6) is -2.87. The molecule has 204 valence electrons. The standard InChI is InChI=1S/C29H26F2N2O4.C2H6/c1-29(2,3)37-28(35)25-26(36-17-18-10-5-4-6-11-18)27(34)33-23(32-25)16-19-12-7-8-13-20(19)21-14-9-15-22(30)24(21)31;1-2/h4-15H,16-17H2,1-3H3,(H,32,33,34);1-2H3. The molecule has 39 heavy (non-hydrogen) atoms. The van der Waals surface area contributed by atoms with Crippen molar-refractivity contribution < 1.29 is 23.0 Å². The van der Waals surface area contributed by atoms with Crippen molar-refractivity contribution in [1.29, 1.82) is 0 Å². The van der Waals surface area contributed by atoms with E-state index in [4.69, 9.17) is 9.47 Å². The van der Waals surface area contributed by atoms with Crippen LogP contribution in [0.5, 0.6) is 5.75 Å². The number of carbonyl (C=O) groups excluding carboxylic acids is 1. The highest BCUT2D eigenvalue weighted by Gasteiger charge is 2.26. The number of esters is 1. The van der Waals surface area contributed by atoms with E-state index in [9.17, 15) is 18.4 Å². The molecule has 0 bridgehead atoms. The largest absolute Gasteiger partial charge is 0.481 e. The first-order chi connectivity index (χ1) is 18.6. The second-order valence-electron chi connectivity index (χ2n) is 9.40. The normalized spacial score (nSPS) is 10.8. The number of hydrogen-bond acceptors (Lipinski definition) is 5. The summed E-state index contributed by atoms with van der Waals surface area (Å²) < 4.78 is 39.6. The number of hydrogen-bond donors (Lipinski definition) is 1. The van der Waals surface area contributed by atoms with Gasteiger partial charge in [-0.05, 0) is 43.5 Å². The molecule has 8 heteroatoms. The van der Waals surface area contributed by atoms with Crippen molar-refractivity contribution >= 4 is 5.97 Å². The lowest BCUT2D eigenvalue weighted by atomic mass is 9.97. The molecule has 4 rings (SSSR count). The van der Waals surface area contributed by atoms with Crippen LogP contribution in [0, 0.1) is 11.6 Å². The molecular weight excluding hydrogens is 502 g/mol. The Hall–Kier alpha value is -4.33. The van der Waals surface area contributed by atoms with Gasteiger partial charge in [-0.2, -0.15) is 0 Å². The zero-order chi connectivity index (χ0) is 28.6. The predicted molar refractivity (Wildman–Crippen MR) is 147 cm³/mol. The summed E-state index contributed by atoms with van der Waals surface area (Å²) in [6, 6.07) is 19.9. The Bertz CT molecular complexity index is 1480. The topological polar surface area (TPSA) is 81.3 Å². The van der Waals surface area contributed by atoms with E-state index >= 15 is 0 Å². The molecule has 0 fully saturated rings. The van der Waals surface area contributed by atoms with Crippen molar-refractivity contribution in [1.82, 2.24) is 9.97 Å². The van der Waals surface area contributed by atoms with Gasteiger partial charge in [0.1, 0.15) is 18.0 Å². The van der Waals surface area contributed by atoms with Crippen LogP contribution < -0.4 is 10.3 Å². The van der Waals surface area contributed by atoms with Crippen LogP contribution in [0.4, 0.5) is 8.78 Å². The summed E-state index contributed by atoms with van der Waals surface area (Å²) in [5, 5.41) is 0. The number of H-pyrrole nitrogens is 1. The van der Waals surface area contributed by atoms with E-state index < -0.39 is 28.8 Å². The maximum atomic E-state index is 14.5. The minimum absolute atomic E-state index is 0.0378. The van der Waals surface area contributed by atoms with Crippen molar-refractivity contribution in [2.45, 2.75) is 53.2 Å². The van der Waals surface area contributed by atoms with E-state index in [-0.39, 0.29) is 35.9 Å². The van der Waals surface area contributed by atoms with Gasteiger partial charge in [-0.15, -0.1) is 0 Å². The number of aromatic amines is 1. The Morgan fingerprint density at radius 3 is 2.23 bits per heavy atom. The molecule has 0 atom stereocenters. The van der Waals surface area contributed by atoms with Crippen molar-refractivity contribution in [2.75, 3.05) is 0 Å². The quantitative estimate of drug-likeness (QED) is 0.262. The summed E-state index contributed by atoms with van der Waals surface area (Å²) in [6.07, 6.45) is 0.0378. The van der Waals surface area contributed by atoms with Gasteiger partial charge in [0.15, 0.2) is 17.3 Å². The van der Waals surface area contributed by atoms with Crippen molar-refractivity contribution in [2.24, 2.45) is 0 Å². The molecule has 6 nitrogen and oxygen atoms in total. The molecule has 0 aliphatic rings. The van der Waals surface area contributed by atoms with Crippen LogP contribution in [0.3, 0.4) is 0 Å². The van der Waals surface area contributed by atoms with Gasteiger partial charge >= 0.3 is 5.97 Å². The smallest absolute Gasteiger partial charge is 0.361 e. The van der Waals surface area contributed by atoms with Crippen molar-refractivity contribution in [3.63, 3.8) is 0 Å². The number of nitrogens with one attached hydrogen (secondary N) is 1. The lowest BCUT2D eigenvalue weighted by Gasteiger charge is -2.20. The molecule has 3 aromatic carbocycles. The summed E-state index contributed by atoms with van der Waals surface area (Å²) in [7, 11) is 0. The molecule has 0 unspecified atom stereocenters. The maximum Gasteiger partial charge on any atom is 0.361 e. The van der Waals surface area contributed by atoms with Gasteiger partial charge in [0.05, 0.1) is 0 Å². The van der Waals surface area contributed by atoms with E-state index in [1.54, 1.807) is 45.0 Å². The molecule has 0 radical (unpaired) electrons. The van der Waals surface area contributed by atoms with Crippen LogP contribution in [0.2, 0.25) is 0 Å². The molecule has 0 saturated heterocycles. The molecular formula is C31H32F2N2O4. The zero-order valence-electron chi connectivity index (χ0n) is 22.7. The predicted octanol–water partition coefficient (Wildman–Crippen LogP) is 6.87. The number of rotatable bonds is 7. The summed E-state index contributed by atoms with van der Waals surface area (Å²) in [4.78, 5) is 33.1. The third kappa shape index (κ3) is 7.60. The minimum atomic E-state index is -0.976. The first-order valence-corrected chi connectivity index (χ1v) is 12.7. The molecule has 0 aliphatic heterocycles. The Balaban J connectivity index is 0.00000205. The molecule has 1 aromatic heterocycles. The number of carbonyl (C=O) groups is 1. The van der Waals surface area contributed by atoms with E-state index in [0.29, 0.717) is 11.1 Å². The maximum absolute atomic E-state index is 14.5. The summed E-state index contributed by atoms with van der Waals surface area (Å²) >= 11 is 0. The first kappa shape index (κ1) is 29.2. The molecule has 4 aromatic rings. The number of benzene rings is 3. The van der Waals surface area contributed by atoms with Crippen molar-refractivity contribution in [3.05, 3.63) is 117 Å². The fourth-order valence-corrected chi connectivity index (χ4v) is 3.75. The SMILES string of the molecule is CC.CC(C)(C)OC(=O)c1nc(Cc2ccccc2-c2cccc(F)c2F)[nH]c(=O)c1OCc1ccccc1. The number of nitrogens with zero attached hydrogens (tertiary/aromatic N) is 1. The van der Waals surface area contributed by atoms with E-state index in [1.165, 1.54) is 12.1 Å². The monoisotopic (exact) mass is 534 g/mol. The lowest BCUT2D eigenvalue weighted by molar-refractivity contribution is 0.00572. The van der Waals surface area contributed by atoms with Crippen molar-refractivity contribution in [3.8, 4) is 16.9 Å². The number of aromatic nitrogens is 2. The Labute approximate surface area is 226 Å². The van der Waals surface area contributed by atoms with E-state index in [1.807, 2.05) is 44.2 Å². The summed E-state index contributed by atoms with van der Waals surface area (Å²) in [5.41, 5.74) is 0.129. The lowest BCUT2D eigenvalue weighted by Crippen LogP contribution is -2.28. The second kappa shape index (κ2) is 13.0. The Kier molecular flexibility index (Phi) is 9.71. The average Bonchev–Trinajstić information content (AvgIpc) is 2.91. The van der Waals surface area contributed by atoms with Crippen LogP contribution in [0.1, 0.15) is 62.1 Å². The Morgan fingerprint density at radius 1 is 0.897 bits per heavy atom. The average molecular weight is 535 g/mol. The fourth-order valence-electron chi connectivity index (χ4n) is 3.75. The molecule has 1 N–H and O–H groups in total. The van der Waals surface area contributed by atoms with Gasteiger partial charge < -0.3 is 14.5 Å². The van der Waals surface area contributed by atoms with E-state index in [0.717, 1.165) is 11.6 Å². The van der Waals surface area contributed by atoms with E-state index in [2.05, 4.69) is 9.97 Å². The van der Waals surface area contributed by atoms with Crippen LogP contribution in [0.25, 0.3) is 11.1 Å². The minimum Gasteiger partial charge on any atom is -0.481 e. The highest BCUT2D eigenvalue weighted by atomic mass is 19.2. The highest BCUT2D eigenvalue weighted by molar-refractivity contribution is 5.90. The highest BCUT2D eigenvalue weighted by Crippen LogP contribution is 2.29. The number of halogens is 2. The third-order valence-corrected chi connectivity index (χ3v) is 5.36. The zero-order valence-corrected chi connectivity index (χ0v) is 22.7. The molecule has 0 saturated carbocycles. The molecule has 0 aliphatic carbocycles. The fraction of sp³-hybridized carbons (Fsp3) is 0.258. The first-order valence-electron chi connectivity index (χ1n) is 12.7. The van der Waals surface area contributed by atoms with Crippen LogP contribution in [0.15, 0.2) is 77.6 Å². The molecule has 0 spiro atoms. The Morgan fingerprint density at radius 2 is 1.54 bits per heavy atom. The van der Waals surface area contributed by atoms with Crippen LogP contribution in [-0.4, -0.2) is 21.5 Å². The second-order valence-corrected chi connectivity index (χ2v) is 9.40. The van der Waals surface area contributed by atoms with Crippen LogP contribution >= 0.6 is 0 Å². The van der Waals surface area contributed by atoms with Gasteiger partial charge in [-0.1, -0.05) is 80.6 Å². The molecule has 0 amide bonds. The summed E-state index contributed by atoms with van der Waals surface area (Å²) in [6.45, 7) is 9.15. The number of ether oxygens (including phenoxy) is 2. The van der Waals surface area contributed by atoms with Gasteiger partial charge in [0.25, 0.3) is 5.56 Å². The van der Waals surface area contributed by atoms with Gasteiger partial charge in [-0.3, -0.25) is 4.79 Å². The molecule has 1 heterocycles. The third-order valence-electron chi connectivity index (χ3n) is 5.36. The van der Waals surface area contributed by atoms with Gasteiger partial charge in [-0.25, -0.2) is 18.6 Å². The van der Waals surface area contributed by atoms with Crippen LogP contribution in [-0.2, 0) is 17.8 Å². The van der Waals surface area contributed by atoms with Gasteiger partial charge in [0, 0.05) is 12.0 Å².